The van der Waals surface area contributed by atoms with Crippen molar-refractivity contribution in [2.75, 3.05) is 6.54 Å². The second-order valence-corrected chi connectivity index (χ2v) is 7.06. The molecule has 5 heteroatoms. The summed E-state index contributed by atoms with van der Waals surface area (Å²) < 4.78 is 0. The first-order valence-corrected chi connectivity index (χ1v) is 8.39. The number of halogens is 2. The number of β-amino-alcohol motifs (C(OH)–C–C–N with tert-alkyl or cyclic N) is 1. The summed E-state index contributed by atoms with van der Waals surface area (Å²) in [5.41, 5.74) is 7.66. The van der Waals surface area contributed by atoms with Crippen LogP contribution in [0.4, 0.5) is 0 Å². The molecule has 4 N–H and O–H groups in total. The standard InChI is InChI=1S/C18H28N2O.2ClH/c19-16(12-15-4-2-1-3-5-15)17(21)13-20-18-9-6-14(7-10-18)8-11-18;;/h1-5,14,16-17,20-21H,6-13,19H2;2*1H/t14?,16-,17+,18?;;/m0../s1. The number of hydrogen-bond acceptors (Lipinski definition) is 3. The molecule has 4 rings (SSSR count). The van der Waals surface area contributed by atoms with E-state index in [0.29, 0.717) is 12.1 Å². The maximum atomic E-state index is 10.3. The van der Waals surface area contributed by atoms with Crippen LogP contribution >= 0.6 is 24.8 Å². The molecule has 3 fully saturated rings. The number of hydrogen-bond donors (Lipinski definition) is 3. The summed E-state index contributed by atoms with van der Waals surface area (Å²) in [7, 11) is 0. The molecule has 3 aliphatic rings. The molecule has 0 aliphatic heterocycles. The monoisotopic (exact) mass is 360 g/mol. The molecule has 0 heterocycles. The van der Waals surface area contributed by atoms with Crippen molar-refractivity contribution in [1.29, 1.82) is 0 Å². The average molecular weight is 361 g/mol. The Morgan fingerprint density at radius 1 is 1.09 bits per heavy atom. The van der Waals surface area contributed by atoms with Gasteiger partial charge in [-0.3, -0.25) is 0 Å². The number of nitrogens with one attached hydrogen (secondary N) is 1. The highest BCUT2D eigenvalue weighted by molar-refractivity contribution is 5.85. The van der Waals surface area contributed by atoms with E-state index in [9.17, 15) is 5.11 Å². The SMILES string of the molecule is Cl.Cl.N[C@@H](Cc1ccccc1)[C@H](O)CNC12CCC(CC1)CC2. The van der Waals surface area contributed by atoms with E-state index >= 15 is 0 Å². The van der Waals surface area contributed by atoms with Gasteiger partial charge in [-0.05, 0) is 56.4 Å². The molecule has 2 bridgehead atoms. The van der Waals surface area contributed by atoms with E-state index in [1.165, 1.54) is 44.1 Å². The smallest absolute Gasteiger partial charge is 0.0818 e. The Morgan fingerprint density at radius 2 is 1.65 bits per heavy atom. The van der Waals surface area contributed by atoms with Gasteiger partial charge in [0, 0.05) is 18.1 Å². The van der Waals surface area contributed by atoms with Gasteiger partial charge in [0.05, 0.1) is 6.10 Å². The molecule has 0 radical (unpaired) electrons. The normalized spacial score (nSPS) is 28.3. The quantitative estimate of drug-likeness (QED) is 0.730. The van der Waals surface area contributed by atoms with Crippen molar-refractivity contribution in [3.8, 4) is 0 Å². The minimum atomic E-state index is -0.473. The van der Waals surface area contributed by atoms with Crippen LogP contribution in [0, 0.1) is 5.92 Å². The van der Waals surface area contributed by atoms with Gasteiger partial charge in [-0.1, -0.05) is 30.3 Å². The van der Waals surface area contributed by atoms with Gasteiger partial charge in [-0.15, -0.1) is 24.8 Å². The summed E-state index contributed by atoms with van der Waals surface area (Å²) in [6.45, 7) is 0.624. The van der Waals surface area contributed by atoms with Crippen molar-refractivity contribution in [3.05, 3.63) is 35.9 Å². The molecular formula is C18H30Cl2N2O. The van der Waals surface area contributed by atoms with Gasteiger partial charge in [0.15, 0.2) is 0 Å². The van der Waals surface area contributed by atoms with Crippen LogP contribution in [0.15, 0.2) is 30.3 Å². The first-order chi connectivity index (χ1) is 10.2. The maximum Gasteiger partial charge on any atom is 0.0818 e. The number of aliphatic hydroxyl groups is 1. The van der Waals surface area contributed by atoms with Gasteiger partial charge in [-0.25, -0.2) is 0 Å². The lowest BCUT2D eigenvalue weighted by atomic mass is 9.66. The molecule has 3 saturated carbocycles. The zero-order valence-corrected chi connectivity index (χ0v) is 15.2. The molecule has 2 atom stereocenters. The third-order valence-corrected chi connectivity index (χ3v) is 5.59. The van der Waals surface area contributed by atoms with E-state index < -0.39 is 6.10 Å². The number of benzene rings is 1. The van der Waals surface area contributed by atoms with Crippen LogP contribution in [-0.2, 0) is 6.42 Å². The van der Waals surface area contributed by atoms with Crippen LogP contribution in [-0.4, -0.2) is 29.3 Å². The van der Waals surface area contributed by atoms with Crippen LogP contribution in [0.25, 0.3) is 0 Å². The molecule has 0 unspecified atom stereocenters. The van der Waals surface area contributed by atoms with Gasteiger partial charge in [-0.2, -0.15) is 0 Å². The highest BCUT2D eigenvalue weighted by Crippen LogP contribution is 2.43. The molecule has 0 spiro atoms. The Kier molecular flexibility index (Phi) is 8.32. The van der Waals surface area contributed by atoms with Crippen LogP contribution in [0.2, 0.25) is 0 Å². The largest absolute Gasteiger partial charge is 0.390 e. The highest BCUT2D eigenvalue weighted by Gasteiger charge is 2.40. The summed E-state index contributed by atoms with van der Waals surface area (Å²) in [6, 6.07) is 9.99. The molecule has 3 aliphatic carbocycles. The van der Waals surface area contributed by atoms with Gasteiger partial charge in [0.1, 0.15) is 0 Å². The zero-order chi connectivity index (χ0) is 14.7. The Bertz CT molecular complexity index is 436. The molecule has 1 aromatic rings. The van der Waals surface area contributed by atoms with Gasteiger partial charge in [0.2, 0.25) is 0 Å². The van der Waals surface area contributed by atoms with E-state index in [2.05, 4.69) is 17.4 Å². The minimum absolute atomic E-state index is 0. The minimum Gasteiger partial charge on any atom is -0.390 e. The predicted molar refractivity (Wildman–Crippen MR) is 101 cm³/mol. The molecule has 0 amide bonds. The maximum absolute atomic E-state index is 10.3. The lowest BCUT2D eigenvalue weighted by Crippen LogP contribution is -2.55. The molecular weight excluding hydrogens is 331 g/mol. The van der Waals surface area contributed by atoms with Gasteiger partial charge in [0.25, 0.3) is 0 Å². The van der Waals surface area contributed by atoms with Gasteiger partial charge >= 0.3 is 0 Å². The van der Waals surface area contributed by atoms with Crippen molar-refractivity contribution in [2.24, 2.45) is 11.7 Å². The fourth-order valence-electron chi connectivity index (χ4n) is 4.01. The summed E-state index contributed by atoms with van der Waals surface area (Å²) in [6.07, 6.45) is 8.17. The van der Waals surface area contributed by atoms with E-state index in [1.807, 2.05) is 18.2 Å². The zero-order valence-electron chi connectivity index (χ0n) is 13.6. The molecule has 132 valence electrons. The topological polar surface area (TPSA) is 58.3 Å². The Morgan fingerprint density at radius 3 is 2.22 bits per heavy atom. The first kappa shape index (κ1) is 20.7. The van der Waals surface area contributed by atoms with Crippen molar-refractivity contribution < 1.29 is 5.11 Å². The second kappa shape index (κ2) is 9.24. The Labute approximate surface area is 152 Å². The van der Waals surface area contributed by atoms with Gasteiger partial charge < -0.3 is 16.2 Å². The molecule has 0 saturated heterocycles. The summed E-state index contributed by atoms with van der Waals surface area (Å²) in [5, 5.41) is 14.0. The van der Waals surface area contributed by atoms with E-state index in [1.54, 1.807) is 0 Å². The summed E-state index contributed by atoms with van der Waals surface area (Å²) in [5.74, 6) is 0.971. The summed E-state index contributed by atoms with van der Waals surface area (Å²) >= 11 is 0. The Balaban J connectivity index is 0.00000132. The van der Waals surface area contributed by atoms with Crippen LogP contribution < -0.4 is 11.1 Å². The van der Waals surface area contributed by atoms with E-state index in [-0.39, 0.29) is 30.9 Å². The fourth-order valence-corrected chi connectivity index (χ4v) is 4.01. The number of aliphatic hydroxyl groups excluding tert-OH is 1. The first-order valence-electron chi connectivity index (χ1n) is 8.39. The van der Waals surface area contributed by atoms with Crippen molar-refractivity contribution in [1.82, 2.24) is 5.32 Å². The molecule has 3 nitrogen and oxygen atoms in total. The molecule has 1 aromatic carbocycles. The van der Waals surface area contributed by atoms with Crippen molar-refractivity contribution >= 4 is 24.8 Å². The van der Waals surface area contributed by atoms with Crippen LogP contribution in [0.1, 0.15) is 44.1 Å². The number of nitrogens with two attached hydrogens (primary N) is 1. The van der Waals surface area contributed by atoms with E-state index in [0.717, 1.165) is 12.3 Å². The second-order valence-electron chi connectivity index (χ2n) is 7.06. The highest BCUT2D eigenvalue weighted by atomic mass is 35.5. The van der Waals surface area contributed by atoms with Crippen LogP contribution in [0.5, 0.6) is 0 Å². The lowest BCUT2D eigenvalue weighted by molar-refractivity contribution is 0.0749. The third-order valence-electron chi connectivity index (χ3n) is 5.59. The Hall–Kier alpha value is -0.320. The number of fused-ring (bicyclic) bond motifs is 3. The van der Waals surface area contributed by atoms with Crippen molar-refractivity contribution in [3.63, 3.8) is 0 Å². The third kappa shape index (κ3) is 5.33. The summed E-state index contributed by atoms with van der Waals surface area (Å²) in [4.78, 5) is 0. The molecule has 23 heavy (non-hydrogen) atoms. The average Bonchev–Trinajstić information content (AvgIpc) is 2.55. The molecule has 0 aromatic heterocycles. The predicted octanol–water partition coefficient (Wildman–Crippen LogP) is 3.07. The van der Waals surface area contributed by atoms with E-state index in [4.69, 9.17) is 5.73 Å². The van der Waals surface area contributed by atoms with Crippen molar-refractivity contribution in [2.45, 2.75) is 62.6 Å². The fraction of sp³-hybridized carbons (Fsp3) is 0.667. The lowest BCUT2D eigenvalue weighted by Gasteiger charge is -2.47. The van der Waals surface area contributed by atoms with Crippen LogP contribution in [0.3, 0.4) is 0 Å². The number of rotatable bonds is 6.